The molecular weight excluding hydrogens is 402 g/mol. The first kappa shape index (κ1) is 24.2. The van der Waals surface area contributed by atoms with E-state index in [0.717, 1.165) is 12.2 Å². The molecule has 5 aliphatic rings. The second-order valence-electron chi connectivity index (χ2n) is 11.4. The summed E-state index contributed by atoms with van der Waals surface area (Å²) in [7, 11) is 0. The van der Waals surface area contributed by atoms with Gasteiger partial charge in [-0.1, -0.05) is 74.4 Å². The average molecular weight is 448 g/mol. The molecule has 0 bridgehead atoms. The number of fused-ring (bicyclic) bond motifs is 4. The van der Waals surface area contributed by atoms with E-state index >= 15 is 0 Å². The second kappa shape index (κ2) is 7.79. The molecule has 1 fully saturated rings. The molecule has 33 heavy (non-hydrogen) atoms. The highest BCUT2D eigenvalue weighted by molar-refractivity contribution is 5.96. The highest BCUT2D eigenvalue weighted by atomic mass is 16.5. The van der Waals surface area contributed by atoms with Crippen LogP contribution >= 0.6 is 0 Å². The summed E-state index contributed by atoms with van der Waals surface area (Å²) in [6, 6.07) is 4.82. The molecule has 3 atom stereocenters. The van der Waals surface area contributed by atoms with Crippen LogP contribution in [0.1, 0.15) is 111 Å². The normalized spacial score (nSPS) is 31.0. The van der Waals surface area contributed by atoms with Gasteiger partial charge in [0, 0.05) is 22.9 Å². The Morgan fingerprint density at radius 3 is 2.24 bits per heavy atom. The van der Waals surface area contributed by atoms with Crippen molar-refractivity contribution in [2.24, 2.45) is 22.7 Å². The van der Waals surface area contributed by atoms with E-state index in [9.17, 15) is 0 Å². The monoisotopic (exact) mass is 447 g/mol. The topological polar surface area (TPSA) is 12.5 Å². The van der Waals surface area contributed by atoms with Crippen molar-refractivity contribution >= 4 is 11.3 Å². The van der Waals surface area contributed by atoms with Crippen molar-refractivity contribution in [3.63, 3.8) is 0 Å². The predicted octanol–water partition coefficient (Wildman–Crippen LogP) is 8.88. The van der Waals surface area contributed by atoms with Gasteiger partial charge in [0.15, 0.2) is 0 Å². The molecule has 0 saturated heterocycles. The smallest absolute Gasteiger partial charge is 0.138 e. The van der Waals surface area contributed by atoms with Crippen molar-refractivity contribution in [1.82, 2.24) is 4.90 Å². The predicted molar refractivity (Wildman–Crippen MR) is 141 cm³/mol. The molecule has 0 radical (unpaired) electrons. The lowest BCUT2D eigenvalue weighted by Crippen LogP contribution is -2.49. The molecule has 2 heteroatoms. The van der Waals surface area contributed by atoms with Crippen molar-refractivity contribution < 1.29 is 4.74 Å². The summed E-state index contributed by atoms with van der Waals surface area (Å²) >= 11 is 0. The van der Waals surface area contributed by atoms with Gasteiger partial charge in [0.2, 0.25) is 0 Å². The van der Waals surface area contributed by atoms with Gasteiger partial charge in [-0.25, -0.2) is 0 Å². The molecule has 0 amide bonds. The minimum atomic E-state index is -0.0917. The maximum atomic E-state index is 6.23. The molecule has 0 aromatic heterocycles. The Bertz CT molecular complexity index is 1070. The maximum Gasteiger partial charge on any atom is 0.138 e. The number of nitrogens with zero attached hydrogens (tertiary/aromatic N) is 1. The Morgan fingerprint density at radius 2 is 1.67 bits per heavy atom. The maximum absolute atomic E-state index is 6.23. The third kappa shape index (κ3) is 2.73. The number of benzene rings is 1. The van der Waals surface area contributed by atoms with Crippen LogP contribution in [0.25, 0.3) is 11.3 Å². The molecule has 1 saturated carbocycles. The van der Waals surface area contributed by atoms with E-state index in [-0.39, 0.29) is 10.8 Å². The Balaban J connectivity index is 0.000000617. The summed E-state index contributed by atoms with van der Waals surface area (Å²) in [5.74, 6) is 2.36. The Kier molecular flexibility index (Phi) is 5.70. The zero-order valence-corrected chi connectivity index (χ0v) is 22.9. The van der Waals surface area contributed by atoms with Gasteiger partial charge in [-0.05, 0) is 72.6 Å². The van der Waals surface area contributed by atoms with Crippen molar-refractivity contribution in [2.45, 2.75) is 101 Å². The van der Waals surface area contributed by atoms with E-state index in [2.05, 4.69) is 71.7 Å². The summed E-state index contributed by atoms with van der Waals surface area (Å²) in [4.78, 5) is 2.54. The van der Waals surface area contributed by atoms with Gasteiger partial charge in [0.25, 0.3) is 0 Å². The fourth-order valence-corrected chi connectivity index (χ4v) is 7.24. The fraction of sp³-hybridized carbons (Fsp3) is 0.613. The molecule has 1 aromatic rings. The molecule has 0 N–H and O–H groups in total. The van der Waals surface area contributed by atoms with Gasteiger partial charge >= 0.3 is 0 Å². The van der Waals surface area contributed by atoms with Gasteiger partial charge in [0.05, 0.1) is 11.1 Å². The molecule has 3 aliphatic carbocycles. The van der Waals surface area contributed by atoms with Crippen LogP contribution in [0, 0.1) is 22.7 Å². The number of rotatable bonds is 2. The molecule has 6 rings (SSSR count). The zero-order chi connectivity index (χ0) is 24.5. The quantitative estimate of drug-likeness (QED) is 0.449. The molecule has 2 nitrogen and oxygen atoms in total. The van der Waals surface area contributed by atoms with Gasteiger partial charge in [-0.2, -0.15) is 0 Å². The Morgan fingerprint density at radius 1 is 1.00 bits per heavy atom. The third-order valence-corrected chi connectivity index (χ3v) is 9.33. The summed E-state index contributed by atoms with van der Waals surface area (Å²) in [6.07, 6.45) is 7.87. The first-order valence-corrected chi connectivity index (χ1v) is 13.4. The SMILES string of the molecule is CC.CC.CC(C)Cc1ccc2c3c1C1=C(N4C=COC(=C34)C2(C)C)C2(C)CCC2(C)C1C. The molecule has 180 valence electrons. The van der Waals surface area contributed by atoms with Crippen LogP contribution in [0.3, 0.4) is 0 Å². The third-order valence-electron chi connectivity index (χ3n) is 9.33. The summed E-state index contributed by atoms with van der Waals surface area (Å²) < 4.78 is 6.23. The highest BCUT2D eigenvalue weighted by Gasteiger charge is 2.66. The van der Waals surface area contributed by atoms with Gasteiger partial charge in [-0.3, -0.25) is 0 Å². The molecular formula is C31H45NO. The van der Waals surface area contributed by atoms with Crippen molar-refractivity contribution in [1.29, 1.82) is 0 Å². The zero-order valence-electron chi connectivity index (χ0n) is 22.9. The number of allylic oxidation sites excluding steroid dienone is 3. The van der Waals surface area contributed by atoms with E-state index in [1.807, 2.05) is 34.0 Å². The summed E-state index contributed by atoms with van der Waals surface area (Å²) in [6.45, 7) is 24.9. The van der Waals surface area contributed by atoms with Crippen molar-refractivity contribution in [3.05, 3.63) is 58.3 Å². The molecule has 0 spiro atoms. The lowest BCUT2D eigenvalue weighted by Gasteiger charge is -2.56. The first-order chi connectivity index (χ1) is 15.6. The minimum absolute atomic E-state index is 0.0917. The molecule has 2 aliphatic heterocycles. The van der Waals surface area contributed by atoms with E-state index in [0.29, 0.717) is 17.3 Å². The van der Waals surface area contributed by atoms with Crippen LogP contribution in [0.2, 0.25) is 0 Å². The van der Waals surface area contributed by atoms with Crippen LogP contribution in [0.5, 0.6) is 0 Å². The lowest BCUT2D eigenvalue weighted by atomic mass is 9.49. The highest BCUT2D eigenvalue weighted by Crippen LogP contribution is 2.75. The average Bonchev–Trinajstić information content (AvgIpc) is 3.11. The largest absolute Gasteiger partial charge is 0.465 e. The number of ether oxygens (including phenoxy) is 1. The van der Waals surface area contributed by atoms with E-state index in [1.54, 1.807) is 16.8 Å². The van der Waals surface area contributed by atoms with Gasteiger partial charge in [0.1, 0.15) is 12.0 Å². The number of hydrogen-bond donors (Lipinski definition) is 0. The van der Waals surface area contributed by atoms with Crippen molar-refractivity contribution in [3.8, 4) is 0 Å². The first-order valence-electron chi connectivity index (χ1n) is 13.4. The summed E-state index contributed by atoms with van der Waals surface area (Å²) in [5.41, 5.74) is 11.0. The van der Waals surface area contributed by atoms with Crippen LogP contribution in [-0.4, -0.2) is 4.90 Å². The van der Waals surface area contributed by atoms with Gasteiger partial charge in [-0.15, -0.1) is 0 Å². The molecule has 1 aromatic carbocycles. The Labute approximate surface area is 202 Å². The minimum Gasteiger partial charge on any atom is -0.465 e. The van der Waals surface area contributed by atoms with E-state index in [4.69, 9.17) is 4.74 Å². The lowest BCUT2D eigenvalue weighted by molar-refractivity contribution is -0.0379. The molecule has 3 unspecified atom stereocenters. The number of hydrogen-bond acceptors (Lipinski definition) is 2. The molecule has 2 heterocycles. The van der Waals surface area contributed by atoms with E-state index in [1.165, 1.54) is 35.2 Å². The van der Waals surface area contributed by atoms with Crippen LogP contribution < -0.4 is 0 Å². The van der Waals surface area contributed by atoms with E-state index < -0.39 is 0 Å². The van der Waals surface area contributed by atoms with Crippen molar-refractivity contribution in [2.75, 3.05) is 0 Å². The van der Waals surface area contributed by atoms with Gasteiger partial charge < -0.3 is 9.64 Å². The Hall–Kier alpha value is -1.96. The van der Waals surface area contributed by atoms with Crippen LogP contribution in [0.15, 0.2) is 36.1 Å². The second-order valence-corrected chi connectivity index (χ2v) is 11.4. The fourth-order valence-electron chi connectivity index (χ4n) is 7.24. The summed E-state index contributed by atoms with van der Waals surface area (Å²) in [5, 5.41) is 0. The van der Waals surface area contributed by atoms with Crippen LogP contribution in [-0.2, 0) is 16.6 Å². The standard InChI is InChI=1S/C27H33NO.2C2H6/c1-15(2)14-17-8-9-18-21-20(17)19-16(3)26(6)10-11-27(26,7)23(19)28-12-13-29-24(22(21)28)25(18,4)5;2*1-2/h8-9,12-13,15-16H,10-11,14H2,1-7H3;2*1-2H3. The van der Waals surface area contributed by atoms with Crippen LogP contribution in [0.4, 0.5) is 0 Å².